The van der Waals surface area contributed by atoms with Gasteiger partial charge in [-0.25, -0.2) is 0 Å². The monoisotopic (exact) mass is 402 g/mol. The molecule has 144 valence electrons. The Labute approximate surface area is 168 Å². The van der Waals surface area contributed by atoms with Crippen LogP contribution < -0.4 is 15.9 Å². The number of carbonyl (C=O) groups excluding carboxylic acids is 2. The minimum Gasteiger partial charge on any atom is -0.312 e. The zero-order chi connectivity index (χ0) is 20.2. The molecule has 2 heterocycles. The van der Waals surface area contributed by atoms with Crippen LogP contribution in [0.5, 0.6) is 0 Å². The van der Waals surface area contributed by atoms with Gasteiger partial charge in [-0.15, -0.1) is 0 Å². The van der Waals surface area contributed by atoms with Crippen molar-refractivity contribution in [3.8, 4) is 0 Å². The van der Waals surface area contributed by atoms with Gasteiger partial charge in [-0.3, -0.25) is 19.8 Å². The maximum Gasteiger partial charge on any atom is 0.263 e. The zero-order valence-electron chi connectivity index (χ0n) is 15.8. The van der Waals surface area contributed by atoms with E-state index >= 15 is 0 Å². The van der Waals surface area contributed by atoms with E-state index in [9.17, 15) is 14.2 Å². The normalized spacial score (nSPS) is 23.2. The van der Waals surface area contributed by atoms with Crippen molar-refractivity contribution in [2.75, 3.05) is 0 Å². The summed E-state index contributed by atoms with van der Waals surface area (Å²) in [6.45, 7) is 1.78. The van der Waals surface area contributed by atoms with Crippen LogP contribution in [0.25, 0.3) is 0 Å². The molecule has 0 saturated carbocycles. The van der Waals surface area contributed by atoms with E-state index in [4.69, 9.17) is 0 Å². The summed E-state index contributed by atoms with van der Waals surface area (Å²) in [7, 11) is -3.16. The van der Waals surface area contributed by atoms with Crippen molar-refractivity contribution in [3.63, 3.8) is 0 Å². The Morgan fingerprint density at radius 2 is 1.17 bits per heavy atom. The van der Waals surface area contributed by atoms with E-state index in [0.29, 0.717) is 21.7 Å². The summed E-state index contributed by atoms with van der Waals surface area (Å²) >= 11 is 0. The molecule has 2 amide bonds. The molecule has 2 aliphatic heterocycles. The van der Waals surface area contributed by atoms with Gasteiger partial charge in [0.25, 0.3) is 11.8 Å². The molecule has 5 rings (SSSR count). The first-order valence-electron chi connectivity index (χ1n) is 9.44. The van der Waals surface area contributed by atoms with Crippen molar-refractivity contribution < 1.29 is 14.2 Å². The topological polar surface area (TPSA) is 76.4 Å². The van der Waals surface area contributed by atoms with E-state index in [1.54, 1.807) is 31.2 Å². The van der Waals surface area contributed by atoms with E-state index in [1.165, 1.54) is 4.90 Å². The van der Waals surface area contributed by atoms with Crippen LogP contribution >= 0.6 is 7.14 Å². The van der Waals surface area contributed by atoms with E-state index in [-0.39, 0.29) is 11.8 Å². The fourth-order valence-corrected chi connectivity index (χ4v) is 7.62. The third-order valence-corrected chi connectivity index (χ3v) is 9.27. The van der Waals surface area contributed by atoms with Crippen LogP contribution in [0.2, 0.25) is 0 Å². The van der Waals surface area contributed by atoms with Gasteiger partial charge >= 0.3 is 0 Å². The molecule has 1 N–H and O–H groups in total. The molecule has 2 aliphatic rings. The highest BCUT2D eigenvalue weighted by Gasteiger charge is 2.67. The van der Waals surface area contributed by atoms with E-state index < -0.39 is 18.6 Å². The minimum absolute atomic E-state index is 0.351. The van der Waals surface area contributed by atoms with Gasteiger partial charge in [0.2, 0.25) is 0 Å². The van der Waals surface area contributed by atoms with Gasteiger partial charge < -0.3 is 4.57 Å². The van der Waals surface area contributed by atoms with E-state index in [1.807, 2.05) is 60.7 Å². The second-order valence-electron chi connectivity index (χ2n) is 7.51. The highest BCUT2D eigenvalue weighted by Crippen LogP contribution is 2.59. The van der Waals surface area contributed by atoms with E-state index in [2.05, 4.69) is 5.32 Å². The number of amides is 2. The molecule has 0 aromatic heterocycles. The van der Waals surface area contributed by atoms with Crippen molar-refractivity contribution in [1.29, 1.82) is 0 Å². The van der Waals surface area contributed by atoms with Crippen molar-refractivity contribution in [2.24, 2.45) is 0 Å². The van der Waals surface area contributed by atoms with Crippen molar-refractivity contribution >= 4 is 29.6 Å². The number of nitrogens with zero attached hydrogens (tertiary/aromatic N) is 1. The number of imide groups is 1. The molecule has 3 aromatic carbocycles. The summed E-state index contributed by atoms with van der Waals surface area (Å²) in [5.41, 5.74) is -0.241. The SMILES string of the molecule is C[C@@]1(N2C(=O)c3ccccc3C2=O)N[C@@H]1P(=O)(c1ccccc1)c1ccccc1. The lowest BCUT2D eigenvalue weighted by Crippen LogP contribution is -2.44. The predicted molar refractivity (Wildman–Crippen MR) is 112 cm³/mol. The number of rotatable bonds is 4. The number of carbonyl (C=O) groups is 2. The second kappa shape index (κ2) is 6.24. The first-order valence-corrected chi connectivity index (χ1v) is 11.2. The predicted octanol–water partition coefficient (Wildman–Crippen LogP) is 2.94. The summed E-state index contributed by atoms with van der Waals surface area (Å²) in [6.07, 6.45) is 0. The molecule has 2 atom stereocenters. The first-order chi connectivity index (χ1) is 14.0. The molecule has 1 fully saturated rings. The largest absolute Gasteiger partial charge is 0.312 e. The van der Waals surface area contributed by atoms with Crippen molar-refractivity contribution in [1.82, 2.24) is 10.2 Å². The van der Waals surface area contributed by atoms with Crippen LogP contribution in [0.3, 0.4) is 0 Å². The first kappa shape index (κ1) is 18.0. The van der Waals surface area contributed by atoms with Gasteiger partial charge in [0.1, 0.15) is 11.4 Å². The molecule has 0 aliphatic carbocycles. The van der Waals surface area contributed by atoms with Crippen LogP contribution in [0.4, 0.5) is 0 Å². The maximum absolute atomic E-state index is 14.5. The standard InChI is InChI=1S/C23H19N2O3P/c1-23(25-20(26)18-14-8-9-15-19(18)21(25)27)22(24-23)29(28,16-10-4-2-5-11-16)17-12-6-3-7-13-17/h2-15,22,24H,1H3/t22-,23+/m1/s1. The molecular weight excluding hydrogens is 383 g/mol. The molecular formula is C23H19N2O3P. The maximum atomic E-state index is 14.5. The molecule has 0 spiro atoms. The van der Waals surface area contributed by atoms with Gasteiger partial charge in [-0.05, 0) is 19.1 Å². The zero-order valence-corrected chi connectivity index (χ0v) is 16.7. The Balaban J connectivity index is 1.60. The number of fused-ring (bicyclic) bond motifs is 1. The van der Waals surface area contributed by atoms with Crippen LogP contribution in [0.15, 0.2) is 84.9 Å². The number of nitrogens with one attached hydrogen (secondary N) is 1. The molecule has 0 bridgehead atoms. The van der Waals surface area contributed by atoms with Crippen molar-refractivity contribution in [2.45, 2.75) is 18.4 Å². The number of hydrogen-bond donors (Lipinski definition) is 1. The summed E-state index contributed by atoms with van der Waals surface area (Å²) < 4.78 is 14.5. The van der Waals surface area contributed by atoms with Gasteiger partial charge in [0.15, 0.2) is 7.14 Å². The fraction of sp³-hybridized carbons (Fsp3) is 0.130. The highest BCUT2D eigenvalue weighted by atomic mass is 31.2. The smallest absolute Gasteiger partial charge is 0.263 e. The Hall–Kier alpha value is -3.01. The van der Waals surface area contributed by atoms with Gasteiger partial charge in [0.05, 0.1) is 11.1 Å². The van der Waals surface area contributed by atoms with E-state index in [0.717, 1.165) is 0 Å². The Morgan fingerprint density at radius 1 is 0.759 bits per heavy atom. The third kappa shape index (κ3) is 2.48. The van der Waals surface area contributed by atoms with Crippen LogP contribution in [-0.4, -0.2) is 28.2 Å². The molecule has 3 aromatic rings. The summed E-state index contributed by atoms with van der Waals surface area (Å²) in [4.78, 5) is 27.3. The lowest BCUT2D eigenvalue weighted by Gasteiger charge is -2.25. The van der Waals surface area contributed by atoms with Crippen LogP contribution in [-0.2, 0) is 4.57 Å². The Morgan fingerprint density at radius 3 is 1.62 bits per heavy atom. The third-order valence-electron chi connectivity index (χ3n) is 5.78. The minimum atomic E-state index is -3.16. The Bertz CT molecular complexity index is 1100. The summed E-state index contributed by atoms with van der Waals surface area (Å²) in [6, 6.07) is 25.3. The molecule has 5 nitrogen and oxygen atoms in total. The van der Waals surface area contributed by atoms with Gasteiger partial charge in [-0.1, -0.05) is 72.8 Å². The average Bonchev–Trinajstić information content (AvgIpc) is 3.39. The lowest BCUT2D eigenvalue weighted by atomic mass is 10.1. The molecule has 29 heavy (non-hydrogen) atoms. The average molecular weight is 402 g/mol. The van der Waals surface area contributed by atoms with Gasteiger partial charge in [-0.2, -0.15) is 0 Å². The quantitative estimate of drug-likeness (QED) is 0.414. The molecule has 0 unspecified atom stereocenters. The lowest BCUT2D eigenvalue weighted by molar-refractivity contribution is 0.0569. The summed E-state index contributed by atoms with van der Waals surface area (Å²) in [5, 5.41) is 4.64. The van der Waals surface area contributed by atoms with Gasteiger partial charge in [0, 0.05) is 10.6 Å². The fourth-order valence-electron chi connectivity index (χ4n) is 4.22. The van der Waals surface area contributed by atoms with Crippen molar-refractivity contribution in [3.05, 3.63) is 96.1 Å². The Kier molecular flexibility index (Phi) is 3.89. The number of hydrogen-bond acceptors (Lipinski definition) is 4. The molecule has 6 heteroatoms. The molecule has 1 saturated heterocycles. The number of benzene rings is 3. The second-order valence-corrected chi connectivity index (χ2v) is 10.4. The summed E-state index contributed by atoms with van der Waals surface area (Å²) in [5.74, 6) is -1.26. The molecule has 0 radical (unpaired) electrons. The van der Waals surface area contributed by atoms with Crippen LogP contribution in [0, 0.1) is 0 Å². The highest BCUT2D eigenvalue weighted by molar-refractivity contribution is 7.79. The van der Waals surface area contributed by atoms with Crippen LogP contribution in [0.1, 0.15) is 27.6 Å².